The van der Waals surface area contributed by atoms with Crippen molar-refractivity contribution in [3.05, 3.63) is 0 Å². The Balaban J connectivity index is 4.49. The summed E-state index contributed by atoms with van der Waals surface area (Å²) in [5.41, 5.74) is 0. The maximum absolute atomic E-state index is 12.2. The molecule has 7 heteroatoms. The van der Waals surface area contributed by atoms with Crippen molar-refractivity contribution in [1.82, 2.24) is 9.80 Å². The van der Waals surface area contributed by atoms with Crippen molar-refractivity contribution in [1.29, 1.82) is 0 Å². The van der Waals surface area contributed by atoms with Crippen LogP contribution in [0.3, 0.4) is 0 Å². The summed E-state index contributed by atoms with van der Waals surface area (Å²) >= 11 is 0. The van der Waals surface area contributed by atoms with Gasteiger partial charge in [-0.1, -0.05) is 0 Å². The van der Waals surface area contributed by atoms with E-state index in [9.17, 15) is 9.59 Å². The number of carbonyl (C=O) groups is 2. The third-order valence-electron chi connectivity index (χ3n) is 2.56. The number of rotatable bonds is 9. The Bertz CT molecular complexity index is 283. The fraction of sp³-hybridized carbons (Fsp3) is 0.833. The molecule has 0 heterocycles. The number of aliphatic hydroxyl groups excluding tert-OH is 1. The van der Waals surface area contributed by atoms with E-state index >= 15 is 0 Å². The normalized spacial score (nSPS) is 10.6. The zero-order valence-electron chi connectivity index (χ0n) is 11.8. The van der Waals surface area contributed by atoms with Crippen LogP contribution >= 0.6 is 0 Å². The second-order valence-corrected chi connectivity index (χ2v) is 4.31. The number of ether oxygens (including phenoxy) is 1. The quantitative estimate of drug-likeness (QED) is 0.588. The minimum absolute atomic E-state index is 0.0481. The number of nitrogens with zero attached hydrogens (tertiary/aromatic N) is 2. The highest BCUT2D eigenvalue weighted by molar-refractivity contribution is 5.80. The van der Waals surface area contributed by atoms with Crippen LogP contribution in [0.15, 0.2) is 0 Å². The molecule has 112 valence electrons. The Morgan fingerprint density at radius 2 is 1.89 bits per heavy atom. The first kappa shape index (κ1) is 17.7. The monoisotopic (exact) mass is 276 g/mol. The second-order valence-electron chi connectivity index (χ2n) is 4.31. The summed E-state index contributed by atoms with van der Waals surface area (Å²) in [4.78, 5) is 25.7. The third-order valence-corrected chi connectivity index (χ3v) is 2.56. The number of carbonyl (C=O) groups excluding carboxylic acids is 1. The van der Waals surface area contributed by atoms with E-state index in [4.69, 9.17) is 14.9 Å². The minimum Gasteiger partial charge on any atom is -0.480 e. The van der Waals surface area contributed by atoms with Crippen LogP contribution in [0.2, 0.25) is 0 Å². The molecule has 2 amide bonds. The standard InChI is InChI=1S/C12H24N2O5/c1-4-13(9-11(16)17)12(18)14(10(2)3)5-7-19-8-6-15/h10,15H,4-9H2,1-3H3,(H,16,17). The van der Waals surface area contributed by atoms with Gasteiger partial charge in [-0.15, -0.1) is 0 Å². The van der Waals surface area contributed by atoms with Crippen molar-refractivity contribution in [2.24, 2.45) is 0 Å². The lowest BCUT2D eigenvalue weighted by atomic mass is 10.3. The van der Waals surface area contributed by atoms with E-state index in [1.54, 1.807) is 11.8 Å². The molecule has 0 atom stereocenters. The molecule has 0 aliphatic rings. The molecule has 0 rings (SSSR count). The van der Waals surface area contributed by atoms with Gasteiger partial charge < -0.3 is 24.7 Å². The zero-order chi connectivity index (χ0) is 14.8. The predicted molar refractivity (Wildman–Crippen MR) is 70.0 cm³/mol. The molecule has 19 heavy (non-hydrogen) atoms. The molecule has 0 aromatic rings. The molecule has 0 aromatic heterocycles. The van der Waals surface area contributed by atoms with Gasteiger partial charge >= 0.3 is 12.0 Å². The van der Waals surface area contributed by atoms with Gasteiger partial charge in [0.2, 0.25) is 0 Å². The summed E-state index contributed by atoms with van der Waals surface area (Å²) in [7, 11) is 0. The van der Waals surface area contributed by atoms with Gasteiger partial charge in [-0.05, 0) is 20.8 Å². The number of likely N-dealkylation sites (N-methyl/N-ethyl adjacent to an activating group) is 1. The van der Waals surface area contributed by atoms with Gasteiger partial charge in [0.1, 0.15) is 6.54 Å². The van der Waals surface area contributed by atoms with E-state index in [2.05, 4.69) is 0 Å². The van der Waals surface area contributed by atoms with Gasteiger partial charge in [-0.2, -0.15) is 0 Å². The van der Waals surface area contributed by atoms with E-state index in [1.165, 1.54) is 4.90 Å². The predicted octanol–water partition coefficient (Wildman–Crippen LogP) is 0.232. The Morgan fingerprint density at radius 1 is 1.26 bits per heavy atom. The van der Waals surface area contributed by atoms with Crippen molar-refractivity contribution < 1.29 is 24.5 Å². The van der Waals surface area contributed by atoms with Crippen molar-refractivity contribution in [2.75, 3.05) is 39.5 Å². The minimum atomic E-state index is -1.03. The average Bonchev–Trinajstić information content (AvgIpc) is 2.34. The third kappa shape index (κ3) is 6.97. The van der Waals surface area contributed by atoms with Crippen molar-refractivity contribution >= 4 is 12.0 Å². The lowest BCUT2D eigenvalue weighted by molar-refractivity contribution is -0.137. The number of carboxylic acids is 1. The smallest absolute Gasteiger partial charge is 0.323 e. The number of aliphatic carboxylic acids is 1. The molecule has 2 N–H and O–H groups in total. The Hall–Kier alpha value is -1.34. The maximum atomic E-state index is 12.2. The van der Waals surface area contributed by atoms with Crippen LogP contribution in [0.4, 0.5) is 4.79 Å². The van der Waals surface area contributed by atoms with Gasteiger partial charge in [0, 0.05) is 19.1 Å². The van der Waals surface area contributed by atoms with E-state index in [-0.39, 0.29) is 31.8 Å². The molecule has 0 radical (unpaired) electrons. The molecule has 7 nitrogen and oxygen atoms in total. The van der Waals surface area contributed by atoms with E-state index in [0.29, 0.717) is 19.7 Å². The Kier molecular flexibility index (Phi) is 8.90. The first-order chi connectivity index (χ1) is 8.93. The van der Waals surface area contributed by atoms with Crippen LogP contribution in [-0.4, -0.2) is 77.5 Å². The van der Waals surface area contributed by atoms with Gasteiger partial charge in [0.05, 0.1) is 19.8 Å². The Morgan fingerprint density at radius 3 is 2.32 bits per heavy atom. The fourth-order valence-corrected chi connectivity index (χ4v) is 1.56. The number of hydrogen-bond acceptors (Lipinski definition) is 4. The van der Waals surface area contributed by atoms with Crippen LogP contribution in [-0.2, 0) is 9.53 Å². The molecule has 0 aliphatic carbocycles. The highest BCUT2D eigenvalue weighted by Crippen LogP contribution is 2.05. The molecule has 0 fully saturated rings. The van der Waals surface area contributed by atoms with Crippen LogP contribution in [0, 0.1) is 0 Å². The summed E-state index contributed by atoms with van der Waals surface area (Å²) in [6, 6.07) is -0.361. The summed E-state index contributed by atoms with van der Waals surface area (Å²) in [5, 5.41) is 17.4. The van der Waals surface area contributed by atoms with Gasteiger partial charge in [-0.25, -0.2) is 4.79 Å². The van der Waals surface area contributed by atoms with Gasteiger partial charge in [0.15, 0.2) is 0 Å². The van der Waals surface area contributed by atoms with Crippen molar-refractivity contribution in [2.45, 2.75) is 26.8 Å². The SMILES string of the molecule is CCN(CC(=O)O)C(=O)N(CCOCCO)C(C)C. The summed E-state index contributed by atoms with van der Waals surface area (Å²) in [6.07, 6.45) is 0. The van der Waals surface area contributed by atoms with Crippen molar-refractivity contribution in [3.8, 4) is 0 Å². The first-order valence-corrected chi connectivity index (χ1v) is 6.39. The van der Waals surface area contributed by atoms with Crippen LogP contribution < -0.4 is 0 Å². The summed E-state index contributed by atoms with van der Waals surface area (Å²) < 4.78 is 5.13. The molecular formula is C12H24N2O5. The molecule has 0 unspecified atom stereocenters. The molecular weight excluding hydrogens is 252 g/mol. The van der Waals surface area contributed by atoms with Gasteiger partial charge in [-0.3, -0.25) is 4.79 Å². The number of amides is 2. The summed E-state index contributed by atoms with van der Waals surface area (Å²) in [5.74, 6) is -1.03. The largest absolute Gasteiger partial charge is 0.480 e. The van der Waals surface area contributed by atoms with E-state index in [1.807, 2.05) is 13.8 Å². The molecule has 0 aromatic carbocycles. The highest BCUT2D eigenvalue weighted by Gasteiger charge is 2.23. The molecule has 0 saturated carbocycles. The Labute approximate surface area is 113 Å². The second kappa shape index (κ2) is 9.57. The van der Waals surface area contributed by atoms with Crippen molar-refractivity contribution in [3.63, 3.8) is 0 Å². The maximum Gasteiger partial charge on any atom is 0.323 e. The zero-order valence-corrected chi connectivity index (χ0v) is 11.8. The van der Waals surface area contributed by atoms with Crippen LogP contribution in [0.1, 0.15) is 20.8 Å². The fourth-order valence-electron chi connectivity index (χ4n) is 1.56. The molecule has 0 spiro atoms. The number of urea groups is 1. The van der Waals surface area contributed by atoms with E-state index in [0.717, 1.165) is 0 Å². The van der Waals surface area contributed by atoms with Crippen LogP contribution in [0.25, 0.3) is 0 Å². The molecule has 0 saturated heterocycles. The average molecular weight is 276 g/mol. The first-order valence-electron chi connectivity index (χ1n) is 6.39. The van der Waals surface area contributed by atoms with E-state index < -0.39 is 5.97 Å². The lowest BCUT2D eigenvalue weighted by Gasteiger charge is -2.32. The topological polar surface area (TPSA) is 90.3 Å². The van der Waals surface area contributed by atoms with Crippen LogP contribution in [0.5, 0.6) is 0 Å². The number of carboxylic acid groups (broad SMARTS) is 1. The lowest BCUT2D eigenvalue weighted by Crippen LogP contribution is -2.49. The molecule has 0 aliphatic heterocycles. The number of aliphatic hydroxyl groups is 1. The number of hydrogen-bond donors (Lipinski definition) is 2. The summed E-state index contributed by atoms with van der Waals surface area (Å²) in [6.45, 7) is 6.34. The molecule has 0 bridgehead atoms. The highest BCUT2D eigenvalue weighted by atomic mass is 16.5. The van der Waals surface area contributed by atoms with Gasteiger partial charge in [0.25, 0.3) is 0 Å².